The Kier molecular flexibility index (Phi) is 5.33. The van der Waals surface area contributed by atoms with Gasteiger partial charge in [0.05, 0.1) is 0 Å². The van der Waals surface area contributed by atoms with Gasteiger partial charge in [-0.25, -0.2) is 20.0 Å². The molecule has 0 unspecified atom stereocenters. The SMILES string of the molecule is CC(C)(C)OC(=O)N1NCC[C@H]1C(=O)O.[LiH]. The molecule has 1 fully saturated rings. The summed E-state index contributed by atoms with van der Waals surface area (Å²) in [7, 11) is 0. The van der Waals surface area contributed by atoms with E-state index in [1.807, 2.05) is 0 Å². The van der Waals surface area contributed by atoms with Crippen molar-refractivity contribution in [2.45, 2.75) is 38.8 Å². The van der Waals surface area contributed by atoms with Crippen molar-refractivity contribution in [1.29, 1.82) is 0 Å². The Morgan fingerprint density at radius 2 is 2.00 bits per heavy atom. The predicted octanol–water partition coefficient (Wildman–Crippen LogP) is -0.0635. The monoisotopic (exact) mass is 224 g/mol. The number of hydrazine groups is 1. The molecule has 0 saturated carbocycles. The van der Waals surface area contributed by atoms with E-state index in [0.29, 0.717) is 13.0 Å². The molecule has 7 heteroatoms. The first kappa shape index (κ1) is 15.3. The molecule has 0 aromatic carbocycles. The second kappa shape index (κ2) is 5.57. The summed E-state index contributed by atoms with van der Waals surface area (Å²) in [6, 6.07) is -0.833. The maximum absolute atomic E-state index is 11.6. The summed E-state index contributed by atoms with van der Waals surface area (Å²) in [6.45, 7) is 5.67. The molecule has 1 saturated heterocycles. The number of aliphatic carboxylic acids is 1. The third-order valence-corrected chi connectivity index (χ3v) is 1.89. The van der Waals surface area contributed by atoms with E-state index in [0.717, 1.165) is 5.01 Å². The van der Waals surface area contributed by atoms with E-state index in [-0.39, 0.29) is 18.9 Å². The van der Waals surface area contributed by atoms with Crippen molar-refractivity contribution in [3.63, 3.8) is 0 Å². The maximum atomic E-state index is 11.6. The minimum atomic E-state index is -1.02. The number of nitrogens with one attached hydrogen (secondary N) is 1. The summed E-state index contributed by atoms with van der Waals surface area (Å²) < 4.78 is 5.06. The van der Waals surface area contributed by atoms with Crippen LogP contribution in [0.15, 0.2) is 0 Å². The van der Waals surface area contributed by atoms with Gasteiger partial charge in [-0.15, -0.1) is 0 Å². The predicted molar refractivity (Wildman–Crippen MR) is 59.3 cm³/mol. The van der Waals surface area contributed by atoms with Gasteiger partial charge in [0.15, 0.2) is 6.04 Å². The van der Waals surface area contributed by atoms with Crippen LogP contribution < -0.4 is 5.43 Å². The molecule has 0 aliphatic carbocycles. The topological polar surface area (TPSA) is 78.9 Å². The number of hydrogen-bond donors (Lipinski definition) is 2. The van der Waals surface area contributed by atoms with Gasteiger partial charge in [-0.1, -0.05) is 0 Å². The van der Waals surface area contributed by atoms with Crippen molar-refractivity contribution in [3.05, 3.63) is 0 Å². The molecule has 1 amide bonds. The van der Waals surface area contributed by atoms with E-state index < -0.39 is 23.7 Å². The van der Waals surface area contributed by atoms with Gasteiger partial charge in [-0.2, -0.15) is 0 Å². The molecule has 0 spiro atoms. The van der Waals surface area contributed by atoms with Crippen molar-refractivity contribution in [3.8, 4) is 0 Å². The fourth-order valence-electron chi connectivity index (χ4n) is 1.30. The molecule has 1 aliphatic heterocycles. The zero-order valence-electron chi connectivity index (χ0n) is 9.11. The molecule has 0 bridgehead atoms. The van der Waals surface area contributed by atoms with E-state index in [1.165, 1.54) is 0 Å². The van der Waals surface area contributed by atoms with Crippen molar-refractivity contribution in [2.24, 2.45) is 0 Å². The standard InChI is InChI=1S/C9H16N2O4.Li.H/c1-9(2,3)15-8(14)11-6(7(12)13)4-5-10-11;;/h6,10H,4-5H2,1-3H3,(H,12,13);;/t6-;;/m0../s1. The number of nitrogens with zero attached hydrogens (tertiary/aromatic N) is 1. The fourth-order valence-corrected chi connectivity index (χ4v) is 1.30. The van der Waals surface area contributed by atoms with Crippen LogP contribution in [0.3, 0.4) is 0 Å². The van der Waals surface area contributed by atoms with Crippen LogP contribution in [-0.4, -0.2) is 59.2 Å². The van der Waals surface area contributed by atoms with Crippen LogP contribution in [0.1, 0.15) is 27.2 Å². The Balaban J connectivity index is 0.00000225. The number of hydrogen-bond acceptors (Lipinski definition) is 4. The normalized spacial score (nSPS) is 20.2. The molecular formula is C9H17LiN2O4. The number of amides is 1. The van der Waals surface area contributed by atoms with E-state index in [2.05, 4.69) is 5.43 Å². The second-order valence-corrected chi connectivity index (χ2v) is 4.40. The summed E-state index contributed by atoms with van der Waals surface area (Å²) >= 11 is 0. The average molecular weight is 224 g/mol. The summed E-state index contributed by atoms with van der Waals surface area (Å²) in [5, 5.41) is 9.88. The van der Waals surface area contributed by atoms with Gasteiger partial charge < -0.3 is 9.84 Å². The quantitative estimate of drug-likeness (QED) is 0.610. The zero-order valence-corrected chi connectivity index (χ0v) is 9.11. The molecule has 6 nitrogen and oxygen atoms in total. The van der Waals surface area contributed by atoms with Crippen molar-refractivity contribution >= 4 is 30.9 Å². The van der Waals surface area contributed by atoms with Crippen LogP contribution in [-0.2, 0) is 9.53 Å². The number of carbonyl (C=O) groups is 2. The number of carbonyl (C=O) groups excluding carboxylic acids is 1. The van der Waals surface area contributed by atoms with Crippen LogP contribution in [0, 0.1) is 0 Å². The molecule has 1 atom stereocenters. The third-order valence-electron chi connectivity index (χ3n) is 1.89. The van der Waals surface area contributed by atoms with Crippen molar-refractivity contribution < 1.29 is 19.4 Å². The molecule has 2 N–H and O–H groups in total. The van der Waals surface area contributed by atoms with Gasteiger partial charge in [0.2, 0.25) is 0 Å². The van der Waals surface area contributed by atoms with Gasteiger partial charge in [0.25, 0.3) is 0 Å². The second-order valence-electron chi connectivity index (χ2n) is 4.40. The summed E-state index contributed by atoms with van der Waals surface area (Å²) in [4.78, 5) is 22.3. The molecule has 16 heavy (non-hydrogen) atoms. The molecule has 0 radical (unpaired) electrons. The Hall–Kier alpha value is -0.703. The average Bonchev–Trinajstić information content (AvgIpc) is 2.47. The Morgan fingerprint density at radius 1 is 1.44 bits per heavy atom. The van der Waals surface area contributed by atoms with Crippen LogP contribution in [0.4, 0.5) is 4.79 Å². The third kappa shape index (κ3) is 4.04. The first-order chi connectivity index (χ1) is 6.81. The first-order valence-corrected chi connectivity index (χ1v) is 4.80. The van der Waals surface area contributed by atoms with Crippen LogP contribution in [0.2, 0.25) is 0 Å². The van der Waals surface area contributed by atoms with E-state index >= 15 is 0 Å². The minimum absolute atomic E-state index is 0. The van der Waals surface area contributed by atoms with Crippen molar-refractivity contribution in [2.75, 3.05) is 6.54 Å². The molecule has 1 heterocycles. The number of carboxylic acid groups (broad SMARTS) is 1. The van der Waals surface area contributed by atoms with Gasteiger partial charge in [-0.05, 0) is 27.2 Å². The Labute approximate surface area is 106 Å². The van der Waals surface area contributed by atoms with Gasteiger partial charge >= 0.3 is 30.9 Å². The number of carboxylic acids is 1. The van der Waals surface area contributed by atoms with Crippen molar-refractivity contribution in [1.82, 2.24) is 10.4 Å². The van der Waals surface area contributed by atoms with E-state index in [9.17, 15) is 9.59 Å². The molecule has 1 aliphatic rings. The van der Waals surface area contributed by atoms with Crippen LogP contribution in [0.5, 0.6) is 0 Å². The van der Waals surface area contributed by atoms with Gasteiger partial charge in [0.1, 0.15) is 5.60 Å². The summed E-state index contributed by atoms with van der Waals surface area (Å²) in [5.41, 5.74) is 2.07. The summed E-state index contributed by atoms with van der Waals surface area (Å²) in [6.07, 6.45) is -0.249. The fraction of sp³-hybridized carbons (Fsp3) is 0.778. The first-order valence-electron chi connectivity index (χ1n) is 4.80. The molecule has 1 rings (SSSR count). The summed E-state index contributed by atoms with van der Waals surface area (Å²) in [5.74, 6) is -1.02. The molecular weight excluding hydrogens is 207 g/mol. The zero-order chi connectivity index (χ0) is 11.6. The van der Waals surface area contributed by atoms with E-state index in [1.54, 1.807) is 20.8 Å². The molecule has 0 aromatic rings. The Bertz CT molecular complexity index is 277. The van der Waals surface area contributed by atoms with Crippen LogP contribution in [0.25, 0.3) is 0 Å². The van der Waals surface area contributed by atoms with Gasteiger partial charge in [-0.3, -0.25) is 0 Å². The number of rotatable bonds is 1. The number of ether oxygens (including phenoxy) is 1. The van der Waals surface area contributed by atoms with Gasteiger partial charge in [0, 0.05) is 6.54 Å². The van der Waals surface area contributed by atoms with Crippen LogP contribution >= 0.6 is 0 Å². The Morgan fingerprint density at radius 3 is 2.44 bits per heavy atom. The molecule has 88 valence electrons. The molecule has 0 aromatic heterocycles. The van der Waals surface area contributed by atoms with E-state index in [4.69, 9.17) is 9.84 Å².